The molecule has 1 unspecified atom stereocenters. The second-order valence-electron chi connectivity index (χ2n) is 8.44. The molecule has 1 aromatic heterocycles. The maximum absolute atomic E-state index is 12.7. The third kappa shape index (κ3) is 4.33. The minimum Gasteiger partial charge on any atom is -0.325 e. The van der Waals surface area contributed by atoms with Crippen LogP contribution >= 0.6 is 0 Å². The molecule has 5 heteroatoms. The molecule has 140 valence electrons. The van der Waals surface area contributed by atoms with Crippen LogP contribution in [0.5, 0.6) is 0 Å². The Hall–Kier alpha value is -2.14. The van der Waals surface area contributed by atoms with Gasteiger partial charge >= 0.3 is 0 Å². The van der Waals surface area contributed by atoms with E-state index in [1.807, 2.05) is 41.1 Å². The number of likely N-dealkylation sites (tertiary alicyclic amines) is 1. The largest absolute Gasteiger partial charge is 0.325 e. The zero-order valence-electron chi connectivity index (χ0n) is 16.4. The number of hydrogen-bond donors (Lipinski definition) is 2. The Morgan fingerprint density at radius 1 is 1.27 bits per heavy atom. The van der Waals surface area contributed by atoms with E-state index in [0.717, 1.165) is 23.7 Å². The average Bonchev–Trinajstić information content (AvgIpc) is 3.02. The first-order chi connectivity index (χ1) is 12.3. The molecule has 1 fully saturated rings. The number of piperidine rings is 1. The number of quaternary nitrogens is 1. The van der Waals surface area contributed by atoms with Crippen LogP contribution in [0.1, 0.15) is 52.7 Å². The van der Waals surface area contributed by atoms with Crippen molar-refractivity contribution in [3.63, 3.8) is 0 Å². The average molecular weight is 356 g/mol. The molecule has 1 aliphatic heterocycles. The van der Waals surface area contributed by atoms with E-state index in [0.29, 0.717) is 12.6 Å². The number of rotatable bonds is 4. The molecular formula is C21H31N4O+. The van der Waals surface area contributed by atoms with Crippen LogP contribution in [0, 0.1) is 0 Å². The van der Waals surface area contributed by atoms with E-state index in [-0.39, 0.29) is 11.3 Å². The predicted molar refractivity (Wildman–Crippen MR) is 105 cm³/mol. The van der Waals surface area contributed by atoms with E-state index in [9.17, 15) is 4.79 Å². The Labute approximate surface area is 156 Å². The van der Waals surface area contributed by atoms with Crippen LogP contribution in [-0.2, 0) is 10.2 Å². The second kappa shape index (κ2) is 7.62. The van der Waals surface area contributed by atoms with E-state index >= 15 is 0 Å². The quantitative estimate of drug-likeness (QED) is 0.886. The summed E-state index contributed by atoms with van der Waals surface area (Å²) in [5, 5.41) is 7.87. The normalized spacial score (nSPS) is 20.8. The van der Waals surface area contributed by atoms with Crippen molar-refractivity contribution in [2.75, 3.05) is 18.4 Å². The lowest BCUT2D eigenvalue weighted by Crippen LogP contribution is -3.17. The summed E-state index contributed by atoms with van der Waals surface area (Å²) in [4.78, 5) is 14.1. The standard InChI is InChI=1S/C21H30N4O/c1-16-10-8-9-13-24(16)15-20(26)22-19-14-18(21(2,3)4)23-25(19)17-11-6-5-7-12-17/h5-7,11-12,14,16H,8-10,13,15H2,1-4H3,(H,22,26)/p+1/t16-/m0/s1. The third-order valence-corrected chi connectivity index (χ3v) is 5.22. The summed E-state index contributed by atoms with van der Waals surface area (Å²) >= 11 is 0. The molecule has 1 amide bonds. The molecule has 26 heavy (non-hydrogen) atoms. The molecule has 2 aromatic rings. The van der Waals surface area contributed by atoms with Gasteiger partial charge in [-0.05, 0) is 38.3 Å². The summed E-state index contributed by atoms with van der Waals surface area (Å²) in [6.07, 6.45) is 3.70. The van der Waals surface area contributed by atoms with Gasteiger partial charge in [0, 0.05) is 11.5 Å². The Balaban J connectivity index is 1.81. The number of amides is 1. The minimum absolute atomic E-state index is 0.0614. The van der Waals surface area contributed by atoms with Gasteiger partial charge in [0.25, 0.3) is 5.91 Å². The van der Waals surface area contributed by atoms with Gasteiger partial charge in [-0.3, -0.25) is 4.79 Å². The van der Waals surface area contributed by atoms with E-state index in [1.165, 1.54) is 24.2 Å². The van der Waals surface area contributed by atoms with Gasteiger partial charge in [-0.2, -0.15) is 5.10 Å². The van der Waals surface area contributed by atoms with E-state index in [1.54, 1.807) is 0 Å². The highest BCUT2D eigenvalue weighted by molar-refractivity contribution is 5.91. The van der Waals surface area contributed by atoms with Crippen LogP contribution in [0.25, 0.3) is 5.69 Å². The van der Waals surface area contributed by atoms with Crippen molar-refractivity contribution in [1.29, 1.82) is 0 Å². The summed E-state index contributed by atoms with van der Waals surface area (Å²) < 4.78 is 1.84. The molecule has 2 N–H and O–H groups in total. The molecule has 0 spiro atoms. The van der Waals surface area contributed by atoms with Gasteiger partial charge in [-0.25, -0.2) is 4.68 Å². The number of nitrogens with one attached hydrogen (secondary N) is 2. The summed E-state index contributed by atoms with van der Waals surface area (Å²) in [6, 6.07) is 12.5. The minimum atomic E-state index is -0.0772. The fourth-order valence-electron chi connectivity index (χ4n) is 3.51. The van der Waals surface area contributed by atoms with Crippen LogP contribution in [0.15, 0.2) is 36.4 Å². The lowest BCUT2D eigenvalue weighted by molar-refractivity contribution is -0.920. The topological polar surface area (TPSA) is 51.4 Å². The first-order valence-electron chi connectivity index (χ1n) is 9.65. The Kier molecular flexibility index (Phi) is 5.47. The Morgan fingerprint density at radius 2 is 2.00 bits per heavy atom. The number of aromatic nitrogens is 2. The first kappa shape index (κ1) is 18.6. The first-order valence-corrected chi connectivity index (χ1v) is 9.65. The smallest absolute Gasteiger partial charge is 0.280 e. The summed E-state index contributed by atoms with van der Waals surface area (Å²) in [6.45, 7) is 10.3. The maximum Gasteiger partial charge on any atom is 0.280 e. The van der Waals surface area contributed by atoms with Crippen LogP contribution in [0.2, 0.25) is 0 Å². The van der Waals surface area contributed by atoms with E-state index in [2.05, 4.69) is 33.0 Å². The number of hydrogen-bond acceptors (Lipinski definition) is 2. The monoisotopic (exact) mass is 355 g/mol. The van der Waals surface area contributed by atoms with Crippen LogP contribution in [-0.4, -0.2) is 34.8 Å². The third-order valence-electron chi connectivity index (χ3n) is 5.22. The summed E-state index contributed by atoms with van der Waals surface area (Å²) in [7, 11) is 0. The van der Waals surface area contributed by atoms with Crippen molar-refractivity contribution >= 4 is 11.7 Å². The second-order valence-corrected chi connectivity index (χ2v) is 8.44. The molecule has 0 bridgehead atoms. The molecule has 0 aliphatic carbocycles. The maximum atomic E-state index is 12.7. The van der Waals surface area contributed by atoms with Crippen molar-refractivity contribution in [3.8, 4) is 5.69 Å². The van der Waals surface area contributed by atoms with Gasteiger partial charge in [0.1, 0.15) is 5.82 Å². The van der Waals surface area contributed by atoms with E-state index in [4.69, 9.17) is 5.10 Å². The van der Waals surface area contributed by atoms with Crippen molar-refractivity contribution in [3.05, 3.63) is 42.1 Å². The molecule has 0 saturated carbocycles. The molecule has 5 nitrogen and oxygen atoms in total. The van der Waals surface area contributed by atoms with Gasteiger partial charge in [0.15, 0.2) is 6.54 Å². The van der Waals surface area contributed by atoms with E-state index < -0.39 is 0 Å². The van der Waals surface area contributed by atoms with Crippen molar-refractivity contribution in [1.82, 2.24) is 9.78 Å². The van der Waals surface area contributed by atoms with Gasteiger partial charge < -0.3 is 10.2 Å². The zero-order valence-corrected chi connectivity index (χ0v) is 16.4. The number of para-hydroxylation sites is 1. The lowest BCUT2D eigenvalue weighted by Gasteiger charge is -2.29. The predicted octanol–water partition coefficient (Wildman–Crippen LogP) is 2.57. The number of anilines is 1. The van der Waals surface area contributed by atoms with Crippen LogP contribution in [0.4, 0.5) is 5.82 Å². The number of benzene rings is 1. The summed E-state index contributed by atoms with van der Waals surface area (Å²) in [5.74, 6) is 0.807. The molecule has 0 radical (unpaired) electrons. The van der Waals surface area contributed by atoms with Crippen molar-refractivity contribution < 1.29 is 9.69 Å². The molecule has 1 saturated heterocycles. The zero-order chi connectivity index (χ0) is 18.7. The number of nitrogens with zero attached hydrogens (tertiary/aromatic N) is 2. The molecule has 3 rings (SSSR count). The van der Waals surface area contributed by atoms with Gasteiger partial charge in [-0.15, -0.1) is 0 Å². The Bertz CT molecular complexity index is 745. The SMILES string of the molecule is C[C@H]1CCCC[NH+]1CC(=O)Nc1cc(C(C)(C)C)nn1-c1ccccc1. The van der Waals surface area contributed by atoms with Gasteiger partial charge in [0.2, 0.25) is 0 Å². The molecular weight excluding hydrogens is 324 g/mol. The van der Waals surface area contributed by atoms with Crippen molar-refractivity contribution in [2.45, 2.75) is 58.4 Å². The van der Waals surface area contributed by atoms with Gasteiger partial charge in [0.05, 0.1) is 24.0 Å². The Morgan fingerprint density at radius 3 is 2.65 bits per heavy atom. The fraction of sp³-hybridized carbons (Fsp3) is 0.524. The molecule has 1 aromatic carbocycles. The lowest BCUT2D eigenvalue weighted by atomic mass is 9.92. The highest BCUT2D eigenvalue weighted by Crippen LogP contribution is 2.26. The molecule has 2 atom stereocenters. The fourth-order valence-corrected chi connectivity index (χ4v) is 3.51. The number of carbonyl (C=O) groups is 1. The number of carbonyl (C=O) groups excluding carboxylic acids is 1. The molecule has 2 heterocycles. The van der Waals surface area contributed by atoms with Gasteiger partial charge in [-0.1, -0.05) is 39.0 Å². The van der Waals surface area contributed by atoms with Crippen LogP contribution < -0.4 is 10.2 Å². The van der Waals surface area contributed by atoms with Crippen molar-refractivity contribution in [2.24, 2.45) is 0 Å². The van der Waals surface area contributed by atoms with Crippen LogP contribution in [0.3, 0.4) is 0 Å². The highest BCUT2D eigenvalue weighted by atomic mass is 16.2. The summed E-state index contributed by atoms with van der Waals surface area (Å²) in [5.41, 5.74) is 1.85. The molecule has 1 aliphatic rings. The highest BCUT2D eigenvalue weighted by Gasteiger charge is 2.26.